The van der Waals surface area contributed by atoms with Gasteiger partial charge in [0.2, 0.25) is 0 Å². The van der Waals surface area contributed by atoms with Crippen molar-refractivity contribution in [3.8, 4) is 0 Å². The van der Waals surface area contributed by atoms with Crippen molar-refractivity contribution in [1.82, 2.24) is 4.98 Å². The topological polar surface area (TPSA) is 94.1 Å². The number of pyridine rings is 1. The fraction of sp³-hybridized carbons (Fsp3) is 0.182. The first-order valence-corrected chi connectivity index (χ1v) is 5.30. The summed E-state index contributed by atoms with van der Waals surface area (Å²) in [6.45, 7) is 0.767. The maximum Gasteiger partial charge on any atom is 0.277 e. The highest BCUT2D eigenvalue weighted by Crippen LogP contribution is 2.31. The van der Waals surface area contributed by atoms with Crippen LogP contribution in [0, 0.1) is 15.9 Å². The first kappa shape index (κ1) is 12.2. The summed E-state index contributed by atoms with van der Waals surface area (Å²) in [6, 6.07) is 3.63. The molecule has 0 atom stereocenters. The molecule has 0 saturated carbocycles. The van der Waals surface area contributed by atoms with Gasteiger partial charge in [-0.15, -0.1) is 0 Å². The van der Waals surface area contributed by atoms with E-state index in [1.807, 2.05) is 0 Å². The number of rotatable bonds is 4. The van der Waals surface area contributed by atoms with Crippen molar-refractivity contribution in [1.29, 1.82) is 0 Å². The molecule has 1 aromatic heterocycles. The van der Waals surface area contributed by atoms with Gasteiger partial charge in [-0.1, -0.05) is 0 Å². The lowest BCUT2D eigenvalue weighted by molar-refractivity contribution is -0.383. The largest absolute Gasteiger partial charge is 0.368 e. The molecule has 0 amide bonds. The maximum absolute atomic E-state index is 13.8. The zero-order chi connectivity index (χ0) is 13.1. The van der Waals surface area contributed by atoms with Gasteiger partial charge in [-0.3, -0.25) is 10.1 Å². The minimum Gasteiger partial charge on any atom is -0.368 e. The highest BCUT2D eigenvalue weighted by atomic mass is 19.1. The standard InChI is InChI=1S/C11H11FN4O2/c12-8-1-2-9(16(17)18)7-3-5-14-11(10(7)8)15-6-4-13/h1-3,5H,4,6,13H2,(H,14,15). The molecule has 0 bridgehead atoms. The Morgan fingerprint density at radius 1 is 1.44 bits per heavy atom. The van der Waals surface area contributed by atoms with E-state index in [1.165, 1.54) is 12.3 Å². The molecule has 1 aromatic carbocycles. The number of halogens is 1. The Kier molecular flexibility index (Phi) is 3.33. The van der Waals surface area contributed by atoms with Crippen molar-refractivity contribution in [3.05, 3.63) is 40.3 Å². The number of anilines is 1. The van der Waals surface area contributed by atoms with Crippen LogP contribution in [-0.4, -0.2) is 23.0 Å². The molecule has 3 N–H and O–H groups in total. The summed E-state index contributed by atoms with van der Waals surface area (Å²) in [7, 11) is 0. The second-order valence-electron chi connectivity index (χ2n) is 3.62. The summed E-state index contributed by atoms with van der Waals surface area (Å²) >= 11 is 0. The van der Waals surface area contributed by atoms with Crippen molar-refractivity contribution >= 4 is 22.3 Å². The smallest absolute Gasteiger partial charge is 0.277 e. The van der Waals surface area contributed by atoms with Gasteiger partial charge in [-0.2, -0.15) is 0 Å². The first-order valence-electron chi connectivity index (χ1n) is 5.30. The molecule has 1 heterocycles. The number of hydrogen-bond acceptors (Lipinski definition) is 5. The number of fused-ring (bicyclic) bond motifs is 1. The molecule has 0 aliphatic rings. The Morgan fingerprint density at radius 3 is 2.89 bits per heavy atom. The van der Waals surface area contributed by atoms with Crippen molar-refractivity contribution < 1.29 is 9.31 Å². The van der Waals surface area contributed by atoms with Gasteiger partial charge in [0.25, 0.3) is 5.69 Å². The van der Waals surface area contributed by atoms with Gasteiger partial charge < -0.3 is 11.1 Å². The SMILES string of the molecule is NCCNc1nccc2c([N+](=O)[O-])ccc(F)c12. The fourth-order valence-corrected chi connectivity index (χ4v) is 1.73. The van der Waals surface area contributed by atoms with E-state index in [1.54, 1.807) is 0 Å². The molecule has 0 aliphatic carbocycles. The van der Waals surface area contributed by atoms with Gasteiger partial charge in [0.15, 0.2) is 0 Å². The second kappa shape index (κ2) is 4.92. The molecular weight excluding hydrogens is 239 g/mol. The molecule has 0 spiro atoms. The molecule has 0 saturated heterocycles. The van der Waals surface area contributed by atoms with Crippen LogP contribution in [0.15, 0.2) is 24.4 Å². The summed E-state index contributed by atoms with van der Waals surface area (Å²) in [5.41, 5.74) is 5.20. The first-order chi connectivity index (χ1) is 8.65. The van der Waals surface area contributed by atoms with Crippen LogP contribution < -0.4 is 11.1 Å². The average molecular weight is 250 g/mol. The molecule has 0 radical (unpaired) electrons. The Balaban J connectivity index is 2.67. The third-order valence-electron chi connectivity index (χ3n) is 2.49. The van der Waals surface area contributed by atoms with E-state index in [0.29, 0.717) is 13.1 Å². The Labute approximate surface area is 102 Å². The van der Waals surface area contributed by atoms with E-state index in [0.717, 1.165) is 12.1 Å². The van der Waals surface area contributed by atoms with Crippen molar-refractivity contribution in [2.24, 2.45) is 5.73 Å². The number of nitrogens with zero attached hydrogens (tertiary/aromatic N) is 2. The number of nitrogens with one attached hydrogen (secondary N) is 1. The van der Waals surface area contributed by atoms with E-state index in [-0.39, 0.29) is 22.3 Å². The lowest BCUT2D eigenvalue weighted by Gasteiger charge is -2.08. The lowest BCUT2D eigenvalue weighted by atomic mass is 10.1. The Morgan fingerprint density at radius 2 is 2.22 bits per heavy atom. The number of nitrogens with two attached hydrogens (primary N) is 1. The molecule has 2 aromatic rings. The highest BCUT2D eigenvalue weighted by molar-refractivity contribution is 5.98. The number of nitro groups is 1. The quantitative estimate of drug-likeness (QED) is 0.635. The van der Waals surface area contributed by atoms with Crippen molar-refractivity contribution in [3.63, 3.8) is 0 Å². The van der Waals surface area contributed by atoms with Crippen LogP contribution in [0.5, 0.6) is 0 Å². The van der Waals surface area contributed by atoms with E-state index >= 15 is 0 Å². The zero-order valence-corrected chi connectivity index (χ0v) is 9.39. The molecule has 18 heavy (non-hydrogen) atoms. The highest BCUT2D eigenvalue weighted by Gasteiger charge is 2.17. The molecule has 7 heteroatoms. The predicted octanol–water partition coefficient (Wildman–Crippen LogP) is 1.65. The van der Waals surface area contributed by atoms with Crippen LogP contribution in [0.25, 0.3) is 10.8 Å². The van der Waals surface area contributed by atoms with Gasteiger partial charge in [-0.05, 0) is 12.1 Å². The van der Waals surface area contributed by atoms with Gasteiger partial charge in [0, 0.05) is 25.4 Å². The van der Waals surface area contributed by atoms with Gasteiger partial charge in [0.1, 0.15) is 11.6 Å². The maximum atomic E-state index is 13.8. The third-order valence-corrected chi connectivity index (χ3v) is 2.49. The van der Waals surface area contributed by atoms with E-state index in [4.69, 9.17) is 5.73 Å². The molecule has 6 nitrogen and oxygen atoms in total. The van der Waals surface area contributed by atoms with Gasteiger partial charge >= 0.3 is 0 Å². The predicted molar refractivity (Wildman–Crippen MR) is 65.9 cm³/mol. The lowest BCUT2D eigenvalue weighted by Crippen LogP contribution is -2.14. The summed E-state index contributed by atoms with van der Waals surface area (Å²) < 4.78 is 13.8. The monoisotopic (exact) mass is 250 g/mol. The number of nitro benzene ring substituents is 1. The number of aromatic nitrogens is 1. The normalized spacial score (nSPS) is 10.6. The molecular formula is C11H11FN4O2. The minimum absolute atomic E-state index is 0.111. The zero-order valence-electron chi connectivity index (χ0n) is 9.39. The van der Waals surface area contributed by atoms with Crippen LogP contribution >= 0.6 is 0 Å². The van der Waals surface area contributed by atoms with Gasteiger partial charge in [-0.25, -0.2) is 9.37 Å². The third kappa shape index (κ3) is 2.07. The van der Waals surface area contributed by atoms with Crippen LogP contribution in [0.3, 0.4) is 0 Å². The minimum atomic E-state index is -0.553. The molecule has 0 unspecified atom stereocenters. The summed E-state index contributed by atoms with van der Waals surface area (Å²) in [5, 5.41) is 14.0. The Hall–Kier alpha value is -2.28. The van der Waals surface area contributed by atoms with Crippen LogP contribution in [0.1, 0.15) is 0 Å². The number of non-ortho nitro benzene ring substituents is 1. The summed E-state index contributed by atoms with van der Waals surface area (Å²) in [5.74, 6) is -0.289. The number of hydrogen-bond donors (Lipinski definition) is 2. The molecule has 0 fully saturated rings. The summed E-state index contributed by atoms with van der Waals surface area (Å²) in [4.78, 5) is 14.3. The van der Waals surface area contributed by atoms with Crippen molar-refractivity contribution in [2.45, 2.75) is 0 Å². The molecule has 94 valence electrons. The second-order valence-corrected chi connectivity index (χ2v) is 3.62. The van der Waals surface area contributed by atoms with Crippen LogP contribution in [0.2, 0.25) is 0 Å². The molecule has 0 aliphatic heterocycles. The summed E-state index contributed by atoms with van der Waals surface area (Å²) in [6.07, 6.45) is 1.40. The van der Waals surface area contributed by atoms with E-state index < -0.39 is 10.7 Å². The van der Waals surface area contributed by atoms with Gasteiger partial charge in [0.05, 0.1) is 15.7 Å². The fourth-order valence-electron chi connectivity index (χ4n) is 1.73. The van der Waals surface area contributed by atoms with E-state index in [2.05, 4.69) is 10.3 Å². The van der Waals surface area contributed by atoms with Crippen LogP contribution in [0.4, 0.5) is 15.9 Å². The average Bonchev–Trinajstić information content (AvgIpc) is 2.36. The molecule has 2 rings (SSSR count). The van der Waals surface area contributed by atoms with Crippen molar-refractivity contribution in [2.75, 3.05) is 18.4 Å². The van der Waals surface area contributed by atoms with Crippen LogP contribution in [-0.2, 0) is 0 Å². The Bertz CT molecular complexity index is 603. The number of benzene rings is 1. The van der Waals surface area contributed by atoms with E-state index in [9.17, 15) is 14.5 Å².